The van der Waals surface area contributed by atoms with Gasteiger partial charge < -0.3 is 26.8 Å². The maximum absolute atomic E-state index is 11.7. The highest BCUT2D eigenvalue weighted by Crippen LogP contribution is 2.23. The summed E-state index contributed by atoms with van der Waals surface area (Å²) in [6.45, 7) is 1.75. The molecule has 5 heteroatoms. The SMILES string of the molecule is CN(C)C(=O)SC1=CN(Cc2ccccc2)CC=C1.[Br-]. The molecule has 108 valence electrons. The minimum absolute atomic E-state index is 0. The van der Waals surface area contributed by atoms with Gasteiger partial charge in [0, 0.05) is 38.3 Å². The third-order valence-corrected chi connectivity index (χ3v) is 3.75. The van der Waals surface area contributed by atoms with Crippen LogP contribution in [0.4, 0.5) is 4.79 Å². The largest absolute Gasteiger partial charge is 1.00 e. The standard InChI is InChI=1S/C15H18N2OS.BrH/c1-16(2)15(18)19-14-9-6-10-17(12-14)11-13-7-4-3-5-8-13;/h3-9,12H,10-11H2,1-2H3;1H/p-1. The summed E-state index contributed by atoms with van der Waals surface area (Å²) >= 11 is 1.26. The van der Waals surface area contributed by atoms with Crippen LogP contribution in [0.15, 0.2) is 53.6 Å². The van der Waals surface area contributed by atoms with Crippen molar-refractivity contribution in [3.8, 4) is 0 Å². The minimum Gasteiger partial charge on any atom is -1.00 e. The van der Waals surface area contributed by atoms with E-state index in [1.165, 1.54) is 17.3 Å². The van der Waals surface area contributed by atoms with Gasteiger partial charge in [0.15, 0.2) is 0 Å². The summed E-state index contributed by atoms with van der Waals surface area (Å²) < 4.78 is 0. The summed E-state index contributed by atoms with van der Waals surface area (Å²) in [7, 11) is 3.54. The Morgan fingerprint density at radius 3 is 2.65 bits per heavy atom. The summed E-state index contributed by atoms with van der Waals surface area (Å²) in [5, 5.41) is 0.0532. The summed E-state index contributed by atoms with van der Waals surface area (Å²) in [4.78, 5) is 16.5. The fraction of sp³-hybridized carbons (Fsp3) is 0.267. The molecule has 0 bridgehead atoms. The van der Waals surface area contributed by atoms with Crippen LogP contribution in [0.25, 0.3) is 0 Å². The van der Waals surface area contributed by atoms with Crippen LogP contribution in [-0.2, 0) is 6.54 Å². The predicted octanol–water partition coefficient (Wildman–Crippen LogP) is 0.319. The van der Waals surface area contributed by atoms with Gasteiger partial charge in [0.05, 0.1) is 0 Å². The summed E-state index contributed by atoms with van der Waals surface area (Å²) in [6.07, 6.45) is 6.15. The van der Waals surface area contributed by atoms with Gasteiger partial charge in [-0.15, -0.1) is 0 Å². The van der Waals surface area contributed by atoms with Crippen LogP contribution in [0.3, 0.4) is 0 Å². The lowest BCUT2D eigenvalue weighted by molar-refractivity contribution is -0.00000654. The van der Waals surface area contributed by atoms with Gasteiger partial charge in [-0.1, -0.05) is 36.4 Å². The first-order valence-electron chi connectivity index (χ1n) is 6.20. The highest BCUT2D eigenvalue weighted by molar-refractivity contribution is 8.17. The molecule has 0 spiro atoms. The van der Waals surface area contributed by atoms with Gasteiger partial charge in [-0.25, -0.2) is 0 Å². The summed E-state index contributed by atoms with van der Waals surface area (Å²) in [5.74, 6) is 0. The van der Waals surface area contributed by atoms with Gasteiger partial charge in [-0.05, 0) is 23.4 Å². The van der Waals surface area contributed by atoms with Crippen molar-refractivity contribution >= 4 is 17.0 Å². The van der Waals surface area contributed by atoms with Gasteiger partial charge in [0.2, 0.25) is 0 Å². The van der Waals surface area contributed by atoms with Crippen molar-refractivity contribution in [1.29, 1.82) is 0 Å². The van der Waals surface area contributed by atoms with Crippen molar-refractivity contribution in [2.24, 2.45) is 0 Å². The number of benzene rings is 1. The highest BCUT2D eigenvalue weighted by Gasteiger charge is 2.11. The van der Waals surface area contributed by atoms with Crippen LogP contribution >= 0.6 is 11.8 Å². The molecule has 0 saturated heterocycles. The number of hydrogen-bond donors (Lipinski definition) is 0. The molecule has 1 aromatic rings. The molecule has 1 aliphatic heterocycles. The lowest BCUT2D eigenvalue weighted by Gasteiger charge is -2.23. The van der Waals surface area contributed by atoms with E-state index in [1.54, 1.807) is 19.0 Å². The maximum Gasteiger partial charge on any atom is 0.285 e. The van der Waals surface area contributed by atoms with E-state index in [-0.39, 0.29) is 22.2 Å². The Labute approximate surface area is 135 Å². The number of carbonyl (C=O) groups is 1. The quantitative estimate of drug-likeness (QED) is 0.781. The second kappa shape index (κ2) is 8.17. The lowest BCUT2D eigenvalue weighted by atomic mass is 10.2. The number of carbonyl (C=O) groups excluding carboxylic acids is 1. The first-order chi connectivity index (χ1) is 9.15. The fourth-order valence-electron chi connectivity index (χ4n) is 1.76. The Balaban J connectivity index is 0.00000200. The zero-order valence-electron chi connectivity index (χ0n) is 11.6. The van der Waals surface area contributed by atoms with E-state index < -0.39 is 0 Å². The van der Waals surface area contributed by atoms with Crippen LogP contribution in [-0.4, -0.2) is 35.7 Å². The molecule has 1 aliphatic rings. The van der Waals surface area contributed by atoms with E-state index in [0.717, 1.165) is 18.0 Å². The molecule has 0 unspecified atom stereocenters. The van der Waals surface area contributed by atoms with Crippen molar-refractivity contribution in [3.63, 3.8) is 0 Å². The minimum atomic E-state index is 0. The zero-order valence-corrected chi connectivity index (χ0v) is 14.0. The maximum atomic E-state index is 11.7. The second-order valence-electron chi connectivity index (χ2n) is 4.61. The average molecular weight is 354 g/mol. The number of rotatable bonds is 3. The van der Waals surface area contributed by atoms with Crippen molar-refractivity contribution in [3.05, 3.63) is 59.2 Å². The van der Waals surface area contributed by atoms with Gasteiger partial charge >= 0.3 is 0 Å². The van der Waals surface area contributed by atoms with Gasteiger partial charge in [-0.3, -0.25) is 4.79 Å². The molecule has 0 aliphatic carbocycles. The molecule has 2 rings (SSSR count). The van der Waals surface area contributed by atoms with Crippen molar-refractivity contribution in [2.45, 2.75) is 6.54 Å². The number of halogens is 1. The molecule has 1 amide bonds. The van der Waals surface area contributed by atoms with Crippen LogP contribution in [0.2, 0.25) is 0 Å². The van der Waals surface area contributed by atoms with Gasteiger partial charge in [0.1, 0.15) is 0 Å². The monoisotopic (exact) mass is 353 g/mol. The molecule has 0 fully saturated rings. The highest BCUT2D eigenvalue weighted by atomic mass is 79.9. The van der Waals surface area contributed by atoms with Crippen LogP contribution in [0.5, 0.6) is 0 Å². The number of nitrogens with zero attached hydrogens (tertiary/aromatic N) is 2. The number of thioether (sulfide) groups is 1. The molecule has 0 radical (unpaired) electrons. The van der Waals surface area contributed by atoms with E-state index in [4.69, 9.17) is 0 Å². The van der Waals surface area contributed by atoms with Crippen molar-refractivity contribution in [2.75, 3.05) is 20.6 Å². The van der Waals surface area contributed by atoms with E-state index in [9.17, 15) is 4.79 Å². The Morgan fingerprint density at radius 2 is 2.00 bits per heavy atom. The Hall–Kier alpha value is -1.20. The average Bonchev–Trinajstić information content (AvgIpc) is 2.40. The van der Waals surface area contributed by atoms with E-state index in [0.29, 0.717) is 0 Å². The molecule has 1 aromatic carbocycles. The molecular formula is C15H18BrN2OS-. The van der Waals surface area contributed by atoms with Crippen LogP contribution < -0.4 is 17.0 Å². The van der Waals surface area contributed by atoms with E-state index in [1.807, 2.05) is 24.3 Å². The van der Waals surface area contributed by atoms with E-state index in [2.05, 4.69) is 29.3 Å². The number of amides is 1. The van der Waals surface area contributed by atoms with E-state index >= 15 is 0 Å². The smallest absolute Gasteiger partial charge is 0.285 e. The second-order valence-corrected chi connectivity index (χ2v) is 5.64. The van der Waals surface area contributed by atoms with Crippen LogP contribution in [0, 0.1) is 0 Å². The lowest BCUT2D eigenvalue weighted by Crippen LogP contribution is -3.00. The molecule has 20 heavy (non-hydrogen) atoms. The van der Waals surface area contributed by atoms with Crippen LogP contribution in [0.1, 0.15) is 5.56 Å². The predicted molar refractivity (Wildman–Crippen MR) is 80.7 cm³/mol. The molecule has 1 heterocycles. The first-order valence-corrected chi connectivity index (χ1v) is 7.02. The van der Waals surface area contributed by atoms with Crippen molar-refractivity contribution < 1.29 is 21.8 Å². The Kier molecular flexibility index (Phi) is 6.88. The molecule has 0 N–H and O–H groups in total. The molecule has 0 aromatic heterocycles. The molecule has 0 saturated carbocycles. The first kappa shape index (κ1) is 16.9. The third kappa shape index (κ3) is 5.06. The topological polar surface area (TPSA) is 23.6 Å². The molecule has 0 atom stereocenters. The number of hydrogen-bond acceptors (Lipinski definition) is 3. The molecular weight excluding hydrogens is 336 g/mol. The fourth-order valence-corrected chi connectivity index (χ4v) is 2.51. The molecule has 3 nitrogen and oxygen atoms in total. The summed E-state index contributed by atoms with van der Waals surface area (Å²) in [5.41, 5.74) is 1.28. The third-order valence-electron chi connectivity index (χ3n) is 2.73. The van der Waals surface area contributed by atoms with Crippen molar-refractivity contribution in [1.82, 2.24) is 9.80 Å². The Morgan fingerprint density at radius 1 is 1.30 bits per heavy atom. The Bertz CT molecular complexity index is 500. The number of allylic oxidation sites excluding steroid dienone is 1. The van der Waals surface area contributed by atoms with Gasteiger partial charge in [0.25, 0.3) is 5.24 Å². The summed E-state index contributed by atoms with van der Waals surface area (Å²) in [6, 6.07) is 10.3. The van der Waals surface area contributed by atoms with Gasteiger partial charge in [-0.2, -0.15) is 0 Å². The normalized spacial score (nSPS) is 13.5. The zero-order chi connectivity index (χ0) is 13.7.